The Hall–Kier alpha value is -1.56. The van der Waals surface area contributed by atoms with E-state index in [4.69, 9.17) is 0 Å². The monoisotopic (exact) mass is 462 g/mol. The van der Waals surface area contributed by atoms with Gasteiger partial charge in [0.1, 0.15) is 0 Å². The Kier molecular flexibility index (Phi) is 8.50. The zero-order valence-electron chi connectivity index (χ0n) is 19.6. The van der Waals surface area contributed by atoms with Gasteiger partial charge in [-0.2, -0.15) is 0 Å². The van der Waals surface area contributed by atoms with Crippen molar-refractivity contribution in [3.8, 4) is 0 Å². The number of benzene rings is 3. The van der Waals surface area contributed by atoms with Gasteiger partial charge < -0.3 is 0 Å². The second kappa shape index (κ2) is 11.5. The van der Waals surface area contributed by atoms with E-state index in [2.05, 4.69) is 121 Å². The van der Waals surface area contributed by atoms with Crippen LogP contribution in [0.1, 0.15) is 46.0 Å². The van der Waals surface area contributed by atoms with Gasteiger partial charge in [-0.15, -0.1) is 0 Å². The maximum absolute atomic E-state index is 2.86. The van der Waals surface area contributed by atoms with Crippen molar-refractivity contribution >= 4 is 32.2 Å². The van der Waals surface area contributed by atoms with E-state index in [-0.39, 0.29) is 0 Å². The number of hydrogen-bond donors (Lipinski definition) is 0. The Balaban J connectivity index is 1.84. The van der Waals surface area contributed by atoms with Gasteiger partial charge in [0, 0.05) is 25.5 Å². The molecule has 1 aliphatic carbocycles. The van der Waals surface area contributed by atoms with Crippen LogP contribution in [0.25, 0.3) is 0 Å². The fourth-order valence-corrected chi connectivity index (χ4v) is 11.1. The molecule has 0 aliphatic heterocycles. The van der Waals surface area contributed by atoms with Crippen LogP contribution in [0, 0.1) is 0 Å². The van der Waals surface area contributed by atoms with Crippen LogP contribution in [-0.2, 0) is 0 Å². The number of nitrogens with zero attached hydrogens (tertiary/aromatic N) is 2. The minimum atomic E-state index is -0.650. The molecule has 0 bridgehead atoms. The molecular weight excluding hydrogens is 426 g/mol. The van der Waals surface area contributed by atoms with Crippen molar-refractivity contribution in [2.45, 2.75) is 58.0 Å². The fourth-order valence-electron chi connectivity index (χ4n) is 4.67. The van der Waals surface area contributed by atoms with Gasteiger partial charge in [-0.05, 0) is 44.3 Å². The molecule has 4 rings (SSSR count). The molecule has 0 unspecified atom stereocenters. The third-order valence-corrected chi connectivity index (χ3v) is 12.3. The molecule has 0 heterocycles. The average molecular weight is 463 g/mol. The number of hydrogen-bond acceptors (Lipinski definition) is 2. The molecular formula is C28H36N2P2. The highest BCUT2D eigenvalue weighted by Crippen LogP contribution is 2.58. The van der Waals surface area contributed by atoms with E-state index in [9.17, 15) is 0 Å². The van der Waals surface area contributed by atoms with E-state index >= 15 is 0 Å². The molecule has 1 saturated carbocycles. The molecule has 168 valence electrons. The van der Waals surface area contributed by atoms with Crippen molar-refractivity contribution in [1.29, 1.82) is 0 Å². The lowest BCUT2D eigenvalue weighted by Gasteiger charge is -2.47. The third kappa shape index (κ3) is 5.49. The van der Waals surface area contributed by atoms with Crippen LogP contribution in [0.15, 0.2) is 91.0 Å². The molecule has 1 aliphatic rings. The molecule has 0 saturated heterocycles. The van der Waals surface area contributed by atoms with Crippen LogP contribution in [0.3, 0.4) is 0 Å². The summed E-state index contributed by atoms with van der Waals surface area (Å²) in [6.07, 6.45) is 6.76. The Morgan fingerprint density at radius 1 is 0.656 bits per heavy atom. The van der Waals surface area contributed by atoms with E-state index in [1.807, 2.05) is 0 Å². The molecule has 3 aromatic carbocycles. The Bertz CT molecular complexity index is 888. The van der Waals surface area contributed by atoms with Crippen LogP contribution in [0.2, 0.25) is 0 Å². The summed E-state index contributed by atoms with van der Waals surface area (Å²) in [7, 11) is 1.11. The zero-order chi connectivity index (χ0) is 22.3. The molecule has 4 heteroatoms. The highest BCUT2D eigenvalue weighted by Gasteiger charge is 2.37. The fraction of sp³-hybridized carbons (Fsp3) is 0.357. The maximum Gasteiger partial charge on any atom is 0.0769 e. The topological polar surface area (TPSA) is 6.48 Å². The van der Waals surface area contributed by atoms with E-state index < -0.39 is 16.3 Å². The molecule has 0 radical (unpaired) electrons. The zero-order valence-corrected chi connectivity index (χ0v) is 21.4. The molecule has 0 spiro atoms. The molecule has 0 amide bonds. The first-order valence-electron chi connectivity index (χ1n) is 11.9. The van der Waals surface area contributed by atoms with Crippen molar-refractivity contribution in [2.24, 2.45) is 0 Å². The lowest BCUT2D eigenvalue weighted by atomic mass is 9.96. The van der Waals surface area contributed by atoms with Crippen LogP contribution in [0.5, 0.6) is 0 Å². The number of rotatable bonds is 8. The van der Waals surface area contributed by atoms with Gasteiger partial charge in [0.2, 0.25) is 0 Å². The molecule has 1 fully saturated rings. The van der Waals surface area contributed by atoms with Crippen molar-refractivity contribution < 1.29 is 0 Å². The normalized spacial score (nSPS) is 16.2. The van der Waals surface area contributed by atoms with Gasteiger partial charge in [0.05, 0.1) is 8.22 Å². The molecule has 0 aromatic heterocycles. The highest BCUT2D eigenvalue weighted by atomic mass is 31.2. The summed E-state index contributed by atoms with van der Waals surface area (Å²) >= 11 is 0. The van der Waals surface area contributed by atoms with Gasteiger partial charge in [-0.25, -0.2) is 4.44 Å². The lowest BCUT2D eigenvalue weighted by molar-refractivity contribution is 0.291. The average Bonchev–Trinajstić information content (AvgIpc) is 2.86. The van der Waals surface area contributed by atoms with E-state index in [1.54, 1.807) is 0 Å². The van der Waals surface area contributed by atoms with Gasteiger partial charge in [-0.1, -0.05) is 110 Å². The maximum atomic E-state index is 2.86. The first-order chi connectivity index (χ1) is 15.7. The summed E-state index contributed by atoms with van der Waals surface area (Å²) in [6.45, 7) is 4.77. The van der Waals surface area contributed by atoms with E-state index in [1.165, 1.54) is 48.0 Å². The summed E-state index contributed by atoms with van der Waals surface area (Å²) in [6, 6.07) is 34.7. The predicted molar refractivity (Wildman–Crippen MR) is 144 cm³/mol. The summed E-state index contributed by atoms with van der Waals surface area (Å²) in [5, 5.41) is 4.33. The Morgan fingerprint density at radius 3 is 1.53 bits per heavy atom. The summed E-state index contributed by atoms with van der Waals surface area (Å²) in [5.74, 6) is 0. The first kappa shape index (κ1) is 23.6. The first-order valence-corrected chi connectivity index (χ1v) is 14.5. The smallest absolute Gasteiger partial charge is 0.0769 e. The largest absolute Gasteiger partial charge is 0.266 e. The minimum Gasteiger partial charge on any atom is -0.266 e. The lowest BCUT2D eigenvalue weighted by Crippen LogP contribution is -2.41. The van der Waals surface area contributed by atoms with Crippen LogP contribution >= 0.6 is 16.3 Å². The SMILES string of the molecule is CC(C)N(P(c1ccccc1)c1ccccc1)[P@](c1ccccc1)N(C)C1CCCCC1. The molecule has 2 nitrogen and oxygen atoms in total. The van der Waals surface area contributed by atoms with Crippen molar-refractivity contribution in [2.75, 3.05) is 7.05 Å². The van der Waals surface area contributed by atoms with Crippen LogP contribution in [-0.4, -0.2) is 28.2 Å². The molecule has 0 N–H and O–H groups in total. The van der Waals surface area contributed by atoms with Gasteiger partial charge in [0.15, 0.2) is 0 Å². The molecule has 32 heavy (non-hydrogen) atoms. The standard InChI is InChI=1S/C28H36N2P2/c1-24(2)30(31(26-18-10-5-11-19-26)27-20-12-6-13-21-27)32(28-22-14-7-15-23-28)29(3)25-16-8-4-9-17-25/h5-7,10-15,18-25H,4,8-9,16-17H2,1-3H3/t32-/m1/s1. The van der Waals surface area contributed by atoms with Crippen molar-refractivity contribution in [1.82, 2.24) is 9.11 Å². The Labute approximate surface area is 197 Å². The summed E-state index contributed by atoms with van der Waals surface area (Å²) in [5.41, 5.74) is 0. The van der Waals surface area contributed by atoms with Crippen LogP contribution in [0.4, 0.5) is 0 Å². The van der Waals surface area contributed by atoms with Crippen molar-refractivity contribution in [3.63, 3.8) is 0 Å². The Morgan fingerprint density at radius 2 is 1.09 bits per heavy atom. The summed E-state index contributed by atoms with van der Waals surface area (Å²) in [4.78, 5) is 0. The highest BCUT2D eigenvalue weighted by molar-refractivity contribution is 7.81. The third-order valence-electron chi connectivity index (χ3n) is 6.25. The van der Waals surface area contributed by atoms with E-state index in [0.717, 1.165) is 0 Å². The van der Waals surface area contributed by atoms with Crippen LogP contribution < -0.4 is 15.9 Å². The van der Waals surface area contributed by atoms with Gasteiger partial charge in [-0.3, -0.25) is 4.67 Å². The van der Waals surface area contributed by atoms with Gasteiger partial charge >= 0.3 is 0 Å². The summed E-state index contributed by atoms with van der Waals surface area (Å²) < 4.78 is 5.62. The second-order valence-electron chi connectivity index (χ2n) is 8.89. The minimum absolute atomic E-state index is 0.430. The van der Waals surface area contributed by atoms with Crippen molar-refractivity contribution in [3.05, 3.63) is 91.0 Å². The van der Waals surface area contributed by atoms with E-state index in [0.29, 0.717) is 12.1 Å². The van der Waals surface area contributed by atoms with Gasteiger partial charge in [0.25, 0.3) is 0 Å². The quantitative estimate of drug-likeness (QED) is 0.346. The predicted octanol–water partition coefficient (Wildman–Crippen LogP) is 6.65. The molecule has 3 aromatic rings. The molecule has 1 atom stereocenters. The second-order valence-corrected chi connectivity index (χ2v) is 13.4.